The van der Waals surface area contributed by atoms with Gasteiger partial charge in [-0.1, -0.05) is 18.2 Å². The quantitative estimate of drug-likeness (QED) is 0.815. The predicted molar refractivity (Wildman–Crippen MR) is 64.0 cm³/mol. The Balaban J connectivity index is 2.29. The number of amides is 1. The van der Waals surface area contributed by atoms with E-state index in [0.717, 1.165) is 10.9 Å². The monoisotopic (exact) mass is 215 g/mol. The molecule has 0 radical (unpaired) electrons. The molecular weight excluding hydrogens is 202 g/mol. The van der Waals surface area contributed by atoms with E-state index in [4.69, 9.17) is 5.73 Å². The molecule has 1 unspecified atom stereocenters. The van der Waals surface area contributed by atoms with E-state index in [1.165, 1.54) is 0 Å². The molecule has 16 heavy (non-hydrogen) atoms. The van der Waals surface area contributed by atoms with Crippen LogP contribution in [0.25, 0.3) is 10.9 Å². The number of pyridine rings is 1. The number of aromatic nitrogens is 1. The maximum atomic E-state index is 10.9. The Morgan fingerprint density at radius 3 is 2.81 bits per heavy atom. The van der Waals surface area contributed by atoms with Crippen LogP contribution in [0.4, 0.5) is 5.82 Å². The van der Waals surface area contributed by atoms with Crippen molar-refractivity contribution in [2.75, 3.05) is 5.32 Å². The molecule has 0 aliphatic rings. The molecule has 82 valence electrons. The number of benzene rings is 1. The van der Waals surface area contributed by atoms with Gasteiger partial charge in [0.1, 0.15) is 11.9 Å². The lowest BCUT2D eigenvalue weighted by atomic mass is 10.2. The first-order chi connectivity index (χ1) is 7.66. The smallest absolute Gasteiger partial charge is 0.239 e. The molecule has 1 atom stereocenters. The first-order valence-electron chi connectivity index (χ1n) is 5.08. The van der Waals surface area contributed by atoms with Crippen LogP contribution in [0.5, 0.6) is 0 Å². The molecule has 0 aliphatic carbocycles. The van der Waals surface area contributed by atoms with Crippen LogP contribution in [0.1, 0.15) is 6.92 Å². The number of primary amides is 1. The van der Waals surface area contributed by atoms with E-state index in [9.17, 15) is 4.79 Å². The summed E-state index contributed by atoms with van der Waals surface area (Å²) >= 11 is 0. The van der Waals surface area contributed by atoms with Crippen molar-refractivity contribution in [1.82, 2.24) is 4.98 Å². The molecule has 1 amide bonds. The molecule has 0 aliphatic heterocycles. The van der Waals surface area contributed by atoms with Gasteiger partial charge in [0.15, 0.2) is 0 Å². The molecule has 1 aromatic heterocycles. The predicted octanol–water partition coefficient (Wildman–Crippen LogP) is 1.52. The Morgan fingerprint density at radius 1 is 1.31 bits per heavy atom. The van der Waals surface area contributed by atoms with Gasteiger partial charge >= 0.3 is 0 Å². The molecular formula is C12H13N3O. The van der Waals surface area contributed by atoms with E-state index in [2.05, 4.69) is 10.3 Å². The molecule has 1 aromatic carbocycles. The Labute approximate surface area is 93.5 Å². The number of hydrogen-bond donors (Lipinski definition) is 2. The summed E-state index contributed by atoms with van der Waals surface area (Å²) < 4.78 is 0. The summed E-state index contributed by atoms with van der Waals surface area (Å²) in [6, 6.07) is 11.2. The lowest BCUT2D eigenvalue weighted by Gasteiger charge is -2.10. The average molecular weight is 215 g/mol. The number of nitrogens with one attached hydrogen (secondary N) is 1. The van der Waals surface area contributed by atoms with Crippen LogP contribution >= 0.6 is 0 Å². The fourth-order valence-corrected chi connectivity index (χ4v) is 1.44. The molecule has 0 saturated carbocycles. The fraction of sp³-hybridized carbons (Fsp3) is 0.167. The number of rotatable bonds is 3. The third-order valence-electron chi connectivity index (χ3n) is 2.39. The molecule has 4 nitrogen and oxygen atoms in total. The Kier molecular flexibility index (Phi) is 2.72. The summed E-state index contributed by atoms with van der Waals surface area (Å²) in [5, 5.41) is 4.02. The van der Waals surface area contributed by atoms with E-state index in [-0.39, 0.29) is 0 Å². The van der Waals surface area contributed by atoms with Gasteiger partial charge < -0.3 is 11.1 Å². The molecule has 0 saturated heterocycles. The van der Waals surface area contributed by atoms with Gasteiger partial charge in [0.2, 0.25) is 5.91 Å². The zero-order valence-corrected chi connectivity index (χ0v) is 8.97. The first-order valence-corrected chi connectivity index (χ1v) is 5.08. The maximum absolute atomic E-state index is 10.9. The standard InChI is InChI=1S/C12H13N3O/c1-8(12(13)16)14-11-7-6-9-4-2-3-5-10(9)15-11/h2-8H,1H3,(H2,13,16)(H,14,15). The van der Waals surface area contributed by atoms with Crippen molar-refractivity contribution in [2.24, 2.45) is 5.73 Å². The van der Waals surface area contributed by atoms with E-state index >= 15 is 0 Å². The van der Waals surface area contributed by atoms with Gasteiger partial charge in [-0.05, 0) is 25.1 Å². The molecule has 2 rings (SSSR count). The second-order valence-electron chi connectivity index (χ2n) is 3.66. The zero-order chi connectivity index (χ0) is 11.5. The summed E-state index contributed by atoms with van der Waals surface area (Å²) in [7, 11) is 0. The average Bonchev–Trinajstić information content (AvgIpc) is 2.28. The number of carbonyl (C=O) groups excluding carboxylic acids is 1. The van der Waals surface area contributed by atoms with Crippen LogP contribution in [0.15, 0.2) is 36.4 Å². The third-order valence-corrected chi connectivity index (χ3v) is 2.39. The highest BCUT2D eigenvalue weighted by molar-refractivity contribution is 5.83. The van der Waals surface area contributed by atoms with Crippen LogP contribution < -0.4 is 11.1 Å². The van der Waals surface area contributed by atoms with Gasteiger partial charge in [0.25, 0.3) is 0 Å². The van der Waals surface area contributed by atoms with Gasteiger partial charge in [0.05, 0.1) is 5.52 Å². The van der Waals surface area contributed by atoms with Crippen molar-refractivity contribution in [3.8, 4) is 0 Å². The van der Waals surface area contributed by atoms with Gasteiger partial charge in [-0.2, -0.15) is 0 Å². The molecule has 0 bridgehead atoms. The minimum atomic E-state index is -0.423. The second kappa shape index (κ2) is 4.18. The summed E-state index contributed by atoms with van der Waals surface area (Å²) in [4.78, 5) is 15.3. The van der Waals surface area contributed by atoms with Crippen LogP contribution in [-0.4, -0.2) is 16.9 Å². The second-order valence-corrected chi connectivity index (χ2v) is 3.66. The number of para-hydroxylation sites is 1. The largest absolute Gasteiger partial charge is 0.368 e. The fourth-order valence-electron chi connectivity index (χ4n) is 1.44. The van der Waals surface area contributed by atoms with Crippen LogP contribution in [0.3, 0.4) is 0 Å². The van der Waals surface area contributed by atoms with E-state index < -0.39 is 11.9 Å². The van der Waals surface area contributed by atoms with Gasteiger partial charge in [-0.15, -0.1) is 0 Å². The zero-order valence-electron chi connectivity index (χ0n) is 8.97. The SMILES string of the molecule is CC(Nc1ccc2ccccc2n1)C(N)=O. The molecule has 0 fully saturated rings. The van der Waals surface area contributed by atoms with Gasteiger partial charge in [0, 0.05) is 5.39 Å². The van der Waals surface area contributed by atoms with Crippen molar-refractivity contribution >= 4 is 22.6 Å². The van der Waals surface area contributed by atoms with Crippen LogP contribution in [0, 0.1) is 0 Å². The number of nitrogens with two attached hydrogens (primary N) is 1. The molecule has 2 aromatic rings. The normalized spacial score (nSPS) is 12.3. The Bertz CT molecular complexity index is 524. The van der Waals surface area contributed by atoms with Crippen LogP contribution in [-0.2, 0) is 4.79 Å². The minimum Gasteiger partial charge on any atom is -0.368 e. The summed E-state index contributed by atoms with van der Waals surface area (Å²) in [6.45, 7) is 1.71. The summed E-state index contributed by atoms with van der Waals surface area (Å²) in [5.74, 6) is 0.264. The van der Waals surface area contributed by atoms with Crippen molar-refractivity contribution in [2.45, 2.75) is 13.0 Å². The molecule has 4 heteroatoms. The highest BCUT2D eigenvalue weighted by Gasteiger charge is 2.08. The highest BCUT2D eigenvalue weighted by atomic mass is 16.1. The number of carbonyl (C=O) groups is 1. The van der Waals surface area contributed by atoms with Crippen molar-refractivity contribution in [3.05, 3.63) is 36.4 Å². The maximum Gasteiger partial charge on any atom is 0.239 e. The lowest BCUT2D eigenvalue weighted by Crippen LogP contribution is -2.32. The summed E-state index contributed by atoms with van der Waals surface area (Å²) in [6.07, 6.45) is 0. The van der Waals surface area contributed by atoms with Crippen molar-refractivity contribution in [1.29, 1.82) is 0 Å². The lowest BCUT2D eigenvalue weighted by molar-refractivity contribution is -0.118. The van der Waals surface area contributed by atoms with E-state index in [1.54, 1.807) is 6.92 Å². The van der Waals surface area contributed by atoms with E-state index in [0.29, 0.717) is 5.82 Å². The number of anilines is 1. The molecule has 1 heterocycles. The molecule has 0 spiro atoms. The summed E-state index contributed by atoms with van der Waals surface area (Å²) in [5.41, 5.74) is 6.06. The molecule has 3 N–H and O–H groups in total. The van der Waals surface area contributed by atoms with E-state index in [1.807, 2.05) is 36.4 Å². The highest BCUT2D eigenvalue weighted by Crippen LogP contribution is 2.14. The third kappa shape index (κ3) is 2.11. The Morgan fingerprint density at radius 2 is 2.06 bits per heavy atom. The Hall–Kier alpha value is -2.10. The van der Waals surface area contributed by atoms with Crippen molar-refractivity contribution in [3.63, 3.8) is 0 Å². The number of fused-ring (bicyclic) bond motifs is 1. The van der Waals surface area contributed by atoms with Crippen molar-refractivity contribution < 1.29 is 4.79 Å². The van der Waals surface area contributed by atoms with Gasteiger partial charge in [-0.3, -0.25) is 4.79 Å². The van der Waals surface area contributed by atoms with Crippen LogP contribution in [0.2, 0.25) is 0 Å². The first kappa shape index (κ1) is 10.4. The minimum absolute atomic E-state index is 0.394. The number of nitrogens with zero attached hydrogens (tertiary/aromatic N) is 1. The van der Waals surface area contributed by atoms with Gasteiger partial charge in [-0.25, -0.2) is 4.98 Å². The number of hydrogen-bond acceptors (Lipinski definition) is 3. The topological polar surface area (TPSA) is 68.0 Å².